The van der Waals surface area contributed by atoms with Gasteiger partial charge in [-0.15, -0.1) is 0 Å². The van der Waals surface area contributed by atoms with Crippen molar-refractivity contribution < 1.29 is 0 Å². The first kappa shape index (κ1) is 10.6. The van der Waals surface area contributed by atoms with E-state index in [1.165, 1.54) is 30.3 Å². The molecule has 1 saturated carbocycles. The van der Waals surface area contributed by atoms with E-state index in [-0.39, 0.29) is 5.54 Å². The molecule has 0 spiro atoms. The fourth-order valence-corrected chi connectivity index (χ4v) is 3.02. The van der Waals surface area contributed by atoms with Crippen molar-refractivity contribution in [3.8, 4) is 0 Å². The highest BCUT2D eigenvalue weighted by Crippen LogP contribution is 2.45. The molecule has 1 aromatic carbocycles. The van der Waals surface area contributed by atoms with Gasteiger partial charge in [-0.25, -0.2) is 4.98 Å². The lowest BCUT2D eigenvalue weighted by molar-refractivity contribution is 0.144. The fourth-order valence-electron chi connectivity index (χ4n) is 3.02. The van der Waals surface area contributed by atoms with Crippen molar-refractivity contribution in [3.05, 3.63) is 23.8 Å². The van der Waals surface area contributed by atoms with E-state index in [4.69, 9.17) is 5.73 Å². The summed E-state index contributed by atoms with van der Waals surface area (Å²) in [7, 11) is 0. The second-order valence-electron chi connectivity index (χ2n) is 5.23. The normalized spacial score (nSPS) is 18.2. The monoisotopic (exact) mass is 229 g/mol. The molecule has 3 rings (SSSR count). The summed E-state index contributed by atoms with van der Waals surface area (Å²) in [4.78, 5) is 4.49. The number of benzene rings is 1. The molecule has 3 heteroatoms. The zero-order valence-electron chi connectivity index (χ0n) is 10.5. The van der Waals surface area contributed by atoms with Crippen LogP contribution >= 0.6 is 0 Å². The van der Waals surface area contributed by atoms with Gasteiger partial charge in [-0.05, 0) is 50.3 Å². The van der Waals surface area contributed by atoms with Crippen LogP contribution in [0.25, 0.3) is 11.0 Å². The Labute approximate surface area is 102 Å². The van der Waals surface area contributed by atoms with Gasteiger partial charge in [-0.2, -0.15) is 0 Å². The first-order chi connectivity index (χ1) is 8.16. The Bertz CT molecular complexity index is 559. The summed E-state index contributed by atoms with van der Waals surface area (Å²) in [6, 6.07) is 6.37. The Hall–Kier alpha value is -1.51. The van der Waals surface area contributed by atoms with E-state index in [0.717, 1.165) is 11.9 Å². The van der Waals surface area contributed by atoms with Gasteiger partial charge in [0.25, 0.3) is 0 Å². The molecule has 2 N–H and O–H groups in total. The molecule has 1 heterocycles. The van der Waals surface area contributed by atoms with Gasteiger partial charge in [0.2, 0.25) is 5.95 Å². The Kier molecular flexibility index (Phi) is 2.18. The average Bonchev–Trinajstić information content (AvgIpc) is 2.56. The van der Waals surface area contributed by atoms with Crippen LogP contribution in [0.1, 0.15) is 38.2 Å². The number of nitrogens with two attached hydrogens (primary N) is 1. The van der Waals surface area contributed by atoms with E-state index in [0.29, 0.717) is 5.95 Å². The predicted octanol–water partition coefficient (Wildman–Crippen LogP) is 3.22. The topological polar surface area (TPSA) is 43.8 Å². The maximum Gasteiger partial charge on any atom is 0.201 e. The summed E-state index contributed by atoms with van der Waals surface area (Å²) in [5, 5.41) is 0. The van der Waals surface area contributed by atoms with Gasteiger partial charge in [0.15, 0.2) is 0 Å². The lowest BCUT2D eigenvalue weighted by Crippen LogP contribution is -2.40. The lowest BCUT2D eigenvalue weighted by Gasteiger charge is -2.43. The van der Waals surface area contributed by atoms with Crippen molar-refractivity contribution in [2.45, 2.75) is 45.1 Å². The number of fused-ring (bicyclic) bond motifs is 1. The number of rotatable bonds is 2. The van der Waals surface area contributed by atoms with Gasteiger partial charge in [-0.1, -0.05) is 13.0 Å². The van der Waals surface area contributed by atoms with Crippen molar-refractivity contribution in [1.29, 1.82) is 0 Å². The average molecular weight is 229 g/mol. The molecule has 0 unspecified atom stereocenters. The molecule has 1 aliphatic rings. The van der Waals surface area contributed by atoms with Gasteiger partial charge >= 0.3 is 0 Å². The molecule has 17 heavy (non-hydrogen) atoms. The Morgan fingerprint density at radius 1 is 1.41 bits per heavy atom. The van der Waals surface area contributed by atoms with Crippen LogP contribution in [-0.2, 0) is 5.54 Å². The molecular weight excluding hydrogens is 210 g/mol. The minimum absolute atomic E-state index is 0.229. The molecule has 0 amide bonds. The van der Waals surface area contributed by atoms with E-state index in [9.17, 15) is 0 Å². The quantitative estimate of drug-likeness (QED) is 0.859. The maximum absolute atomic E-state index is 6.13. The van der Waals surface area contributed by atoms with E-state index in [1.54, 1.807) is 0 Å². The number of nitrogens with zero attached hydrogens (tertiary/aromatic N) is 2. The summed E-state index contributed by atoms with van der Waals surface area (Å²) in [5.74, 6) is 0.673. The number of aryl methyl sites for hydroxylation is 1. The predicted molar refractivity (Wildman–Crippen MR) is 71.0 cm³/mol. The number of hydrogen-bond acceptors (Lipinski definition) is 2. The van der Waals surface area contributed by atoms with Crippen molar-refractivity contribution in [2.24, 2.45) is 0 Å². The minimum Gasteiger partial charge on any atom is -0.369 e. The third-order valence-electron chi connectivity index (χ3n) is 4.25. The van der Waals surface area contributed by atoms with E-state index in [1.807, 2.05) is 0 Å². The maximum atomic E-state index is 6.13. The van der Waals surface area contributed by atoms with Crippen LogP contribution < -0.4 is 5.73 Å². The Morgan fingerprint density at radius 3 is 2.76 bits per heavy atom. The highest BCUT2D eigenvalue weighted by molar-refractivity contribution is 5.79. The van der Waals surface area contributed by atoms with Crippen molar-refractivity contribution in [1.82, 2.24) is 9.55 Å². The lowest BCUT2D eigenvalue weighted by atomic mass is 9.74. The summed E-state index contributed by atoms with van der Waals surface area (Å²) >= 11 is 0. The van der Waals surface area contributed by atoms with Crippen molar-refractivity contribution in [2.75, 3.05) is 5.73 Å². The molecule has 0 radical (unpaired) electrons. The van der Waals surface area contributed by atoms with Crippen LogP contribution in [0.2, 0.25) is 0 Å². The van der Waals surface area contributed by atoms with Gasteiger partial charge < -0.3 is 10.3 Å². The highest BCUT2D eigenvalue weighted by atomic mass is 15.2. The largest absolute Gasteiger partial charge is 0.369 e. The summed E-state index contributed by atoms with van der Waals surface area (Å²) in [6.45, 7) is 4.37. The van der Waals surface area contributed by atoms with Crippen molar-refractivity contribution >= 4 is 17.0 Å². The Morgan fingerprint density at radius 2 is 2.18 bits per heavy atom. The smallest absolute Gasteiger partial charge is 0.201 e. The summed E-state index contributed by atoms with van der Waals surface area (Å²) < 4.78 is 2.28. The molecule has 1 fully saturated rings. The number of anilines is 1. The van der Waals surface area contributed by atoms with Gasteiger partial charge in [0, 0.05) is 5.54 Å². The van der Waals surface area contributed by atoms with E-state index < -0.39 is 0 Å². The number of hydrogen-bond donors (Lipinski definition) is 1. The molecular formula is C14H19N3. The van der Waals surface area contributed by atoms with Crippen LogP contribution in [0, 0.1) is 6.92 Å². The van der Waals surface area contributed by atoms with Crippen LogP contribution in [0.5, 0.6) is 0 Å². The molecule has 90 valence electrons. The number of imidazole rings is 1. The summed E-state index contributed by atoms with van der Waals surface area (Å²) in [5.41, 5.74) is 9.84. The second kappa shape index (κ2) is 3.49. The summed E-state index contributed by atoms with van der Waals surface area (Å²) in [6.07, 6.45) is 4.90. The fraction of sp³-hybridized carbons (Fsp3) is 0.500. The van der Waals surface area contributed by atoms with E-state index in [2.05, 4.69) is 41.6 Å². The minimum atomic E-state index is 0.229. The number of nitrogen functional groups attached to an aromatic ring is 1. The standard InChI is InChI=1S/C14H19N3/c1-3-14(7-4-8-14)17-12-9-10(2)5-6-11(12)16-13(17)15/h5-6,9H,3-4,7-8H2,1-2H3,(H2,15,16). The van der Waals surface area contributed by atoms with Crippen LogP contribution in [0.15, 0.2) is 18.2 Å². The first-order valence-corrected chi connectivity index (χ1v) is 6.41. The first-order valence-electron chi connectivity index (χ1n) is 6.41. The molecule has 3 nitrogen and oxygen atoms in total. The zero-order valence-corrected chi connectivity index (χ0v) is 10.5. The van der Waals surface area contributed by atoms with Gasteiger partial charge in [-0.3, -0.25) is 0 Å². The Balaban J connectivity index is 2.27. The zero-order chi connectivity index (χ0) is 12.0. The molecule has 0 aliphatic heterocycles. The van der Waals surface area contributed by atoms with Crippen LogP contribution in [0.4, 0.5) is 5.95 Å². The van der Waals surface area contributed by atoms with Gasteiger partial charge in [0.05, 0.1) is 11.0 Å². The van der Waals surface area contributed by atoms with Gasteiger partial charge in [0.1, 0.15) is 0 Å². The molecule has 1 aliphatic carbocycles. The molecule has 1 aromatic heterocycles. The van der Waals surface area contributed by atoms with Crippen LogP contribution in [-0.4, -0.2) is 9.55 Å². The van der Waals surface area contributed by atoms with Crippen molar-refractivity contribution in [3.63, 3.8) is 0 Å². The molecule has 0 atom stereocenters. The third-order valence-corrected chi connectivity index (χ3v) is 4.25. The number of aromatic nitrogens is 2. The molecule has 2 aromatic rings. The third kappa shape index (κ3) is 1.38. The van der Waals surface area contributed by atoms with Crippen LogP contribution in [0.3, 0.4) is 0 Å². The molecule has 0 saturated heterocycles. The second-order valence-corrected chi connectivity index (χ2v) is 5.23. The highest BCUT2D eigenvalue weighted by Gasteiger charge is 2.39. The SMILES string of the molecule is CCC1(n2c(N)nc3ccc(C)cc32)CCC1. The van der Waals surface area contributed by atoms with E-state index >= 15 is 0 Å². The molecule has 0 bridgehead atoms.